The molecule has 0 aliphatic heterocycles. The second kappa shape index (κ2) is 1.54. The molecule has 0 amide bonds. The highest BCUT2D eigenvalue weighted by molar-refractivity contribution is 7.67. The molecule has 1 unspecified atom stereocenters. The minimum atomic E-state index is -0.688. The molecule has 0 bridgehead atoms. The molecule has 0 aromatic heterocycles. The summed E-state index contributed by atoms with van der Waals surface area (Å²) in [5.74, 6) is 0. The van der Waals surface area contributed by atoms with Crippen molar-refractivity contribution >= 4 is 34.9 Å². The predicted molar refractivity (Wildman–Crippen MR) is 30.9 cm³/mol. The largest absolute Gasteiger partial charge is 0.465 e. The Kier molecular flexibility index (Phi) is 1.26. The van der Waals surface area contributed by atoms with E-state index in [2.05, 4.69) is 0 Å². The van der Waals surface area contributed by atoms with Crippen molar-refractivity contribution < 1.29 is 4.21 Å². The van der Waals surface area contributed by atoms with Gasteiger partial charge >= 0.3 is 11.7 Å². The molecule has 1 fully saturated rings. The Hall–Kier alpha value is 0.600. The Morgan fingerprint density at radius 2 is 2.14 bits per heavy atom. The van der Waals surface area contributed by atoms with Gasteiger partial charge in [-0.15, -0.1) is 0 Å². The second-order valence-corrected chi connectivity index (χ2v) is 3.85. The first-order chi connectivity index (χ1) is 3.17. The fourth-order valence-corrected chi connectivity index (χ4v) is 1.47. The molecule has 0 radical (unpaired) electrons. The van der Waals surface area contributed by atoms with Gasteiger partial charge in [-0.3, -0.25) is 0 Å². The normalized spacial score (nSPS) is 34.9. The van der Waals surface area contributed by atoms with Crippen molar-refractivity contribution in [3.8, 4) is 0 Å². The fourth-order valence-electron chi connectivity index (χ4n) is 0.293. The van der Waals surface area contributed by atoms with Crippen molar-refractivity contribution in [3.63, 3.8) is 0 Å². The molecule has 0 saturated heterocycles. The maximum atomic E-state index is 9.86. The van der Waals surface area contributed by atoms with Gasteiger partial charge in [-0.25, -0.2) is 0 Å². The third kappa shape index (κ3) is 1.04. The van der Waals surface area contributed by atoms with Gasteiger partial charge in [0.15, 0.2) is 4.33 Å². The van der Waals surface area contributed by atoms with Gasteiger partial charge in [-0.05, 0) is 0 Å². The summed E-state index contributed by atoms with van der Waals surface area (Å²) in [6, 6.07) is 0. The lowest BCUT2D eigenvalue weighted by atomic mass is 10.9. The van der Waals surface area contributed by atoms with E-state index < -0.39 is 4.33 Å². The summed E-state index contributed by atoms with van der Waals surface area (Å²) in [7, 11) is 0. The number of rotatable bonds is 1. The minimum Gasteiger partial charge on any atom is -0.0949 e. The van der Waals surface area contributed by atoms with E-state index in [4.69, 9.17) is 23.2 Å². The maximum absolute atomic E-state index is 9.86. The van der Waals surface area contributed by atoms with E-state index in [1.54, 1.807) is 0 Å². The van der Waals surface area contributed by atoms with E-state index >= 15 is 0 Å². The van der Waals surface area contributed by atoms with Crippen LogP contribution in [0.3, 0.4) is 0 Å². The Bertz CT molecular complexity index is 103. The predicted octanol–water partition coefficient (Wildman–Crippen LogP) is 1.36. The van der Waals surface area contributed by atoms with E-state index in [1.807, 2.05) is 0 Å². The van der Waals surface area contributed by atoms with E-state index in [9.17, 15) is 4.21 Å². The Morgan fingerprint density at radius 1 is 1.71 bits per heavy atom. The molecule has 0 N–H and O–H groups in total. The van der Waals surface area contributed by atoms with Gasteiger partial charge in [0.25, 0.3) is 5.25 Å². The van der Waals surface area contributed by atoms with Crippen LogP contribution in [-0.2, 0) is 15.9 Å². The molecule has 1 saturated carbocycles. The molecule has 1 aliphatic rings. The first-order valence-corrected chi connectivity index (χ1v) is 3.39. The zero-order valence-corrected chi connectivity index (χ0v) is 5.69. The van der Waals surface area contributed by atoms with Crippen LogP contribution in [0.5, 0.6) is 0 Å². The van der Waals surface area contributed by atoms with Crippen LogP contribution in [0.25, 0.3) is 0 Å². The van der Waals surface area contributed by atoms with Crippen LogP contribution in [0.2, 0.25) is 0 Å². The zero-order valence-electron chi connectivity index (χ0n) is 3.36. The third-order valence-electron chi connectivity index (χ3n) is 0.885. The number of alkyl halides is 2. The van der Waals surface area contributed by atoms with E-state index in [0.717, 1.165) is 0 Å². The standard InChI is InChI=1S/C3H3Cl2OS/c4-3(5)1-2(3)7-6/h2H,1H2/q+1. The Morgan fingerprint density at radius 3 is 2.14 bits per heavy atom. The van der Waals surface area contributed by atoms with Crippen molar-refractivity contribution in [1.82, 2.24) is 0 Å². The summed E-state index contributed by atoms with van der Waals surface area (Å²) in [5, 5.41) is -0.0594. The van der Waals surface area contributed by atoms with Crippen molar-refractivity contribution in [2.45, 2.75) is 16.0 Å². The van der Waals surface area contributed by atoms with Crippen LogP contribution >= 0.6 is 23.2 Å². The van der Waals surface area contributed by atoms with Crippen molar-refractivity contribution in [2.24, 2.45) is 0 Å². The quantitative estimate of drug-likeness (QED) is 0.416. The van der Waals surface area contributed by atoms with Crippen molar-refractivity contribution in [3.05, 3.63) is 0 Å². The Labute approximate surface area is 55.5 Å². The lowest BCUT2D eigenvalue weighted by Gasteiger charge is -1.77. The molecule has 0 heterocycles. The molecule has 0 aromatic carbocycles. The van der Waals surface area contributed by atoms with Crippen molar-refractivity contribution in [2.75, 3.05) is 0 Å². The number of halogens is 2. The maximum Gasteiger partial charge on any atom is 0.465 e. The third-order valence-corrected chi connectivity index (χ3v) is 2.78. The first kappa shape index (κ1) is 5.73. The van der Waals surface area contributed by atoms with Gasteiger partial charge in [0.1, 0.15) is 0 Å². The molecule has 0 spiro atoms. The molecule has 0 aromatic rings. The van der Waals surface area contributed by atoms with Gasteiger partial charge < -0.3 is 0 Å². The highest BCUT2D eigenvalue weighted by atomic mass is 35.5. The van der Waals surface area contributed by atoms with Crippen LogP contribution in [-0.4, -0.2) is 9.58 Å². The SMILES string of the molecule is O=[S+]C1CC1(Cl)Cl. The first-order valence-electron chi connectivity index (χ1n) is 1.83. The summed E-state index contributed by atoms with van der Waals surface area (Å²) in [4.78, 5) is 0. The van der Waals surface area contributed by atoms with Gasteiger partial charge in [-0.1, -0.05) is 23.2 Å². The summed E-state index contributed by atoms with van der Waals surface area (Å²) < 4.78 is 9.17. The van der Waals surface area contributed by atoms with Crippen LogP contribution in [0.1, 0.15) is 6.42 Å². The molecule has 1 rings (SSSR count). The van der Waals surface area contributed by atoms with Crippen LogP contribution < -0.4 is 0 Å². The molecule has 40 valence electrons. The minimum absolute atomic E-state index is 0.0594. The van der Waals surface area contributed by atoms with Crippen molar-refractivity contribution in [1.29, 1.82) is 0 Å². The molecule has 1 atom stereocenters. The van der Waals surface area contributed by atoms with E-state index in [0.29, 0.717) is 18.1 Å². The van der Waals surface area contributed by atoms with Crippen LogP contribution in [0.15, 0.2) is 0 Å². The van der Waals surface area contributed by atoms with Gasteiger partial charge in [0, 0.05) is 4.21 Å². The lowest BCUT2D eigenvalue weighted by Crippen LogP contribution is -1.90. The van der Waals surface area contributed by atoms with Gasteiger partial charge in [-0.2, -0.15) is 0 Å². The summed E-state index contributed by atoms with van der Waals surface area (Å²) in [6.45, 7) is 0. The number of hydrogen-bond acceptors (Lipinski definition) is 1. The average molecular weight is 158 g/mol. The highest BCUT2D eigenvalue weighted by Gasteiger charge is 2.63. The molecular weight excluding hydrogens is 155 g/mol. The summed E-state index contributed by atoms with van der Waals surface area (Å²) >= 11 is 11.4. The number of hydrogen-bond donors (Lipinski definition) is 0. The monoisotopic (exact) mass is 157 g/mol. The Balaban J connectivity index is 2.44. The molecule has 1 aliphatic carbocycles. The molecular formula is C3H3Cl2OS+. The summed E-state index contributed by atoms with van der Waals surface area (Å²) in [6.07, 6.45) is 0.643. The van der Waals surface area contributed by atoms with Crippen LogP contribution in [0.4, 0.5) is 0 Å². The zero-order chi connectivity index (χ0) is 5.49. The second-order valence-electron chi connectivity index (χ2n) is 1.55. The van der Waals surface area contributed by atoms with E-state index in [1.165, 1.54) is 0 Å². The smallest absolute Gasteiger partial charge is 0.0949 e. The van der Waals surface area contributed by atoms with Crippen LogP contribution in [0, 0.1) is 0 Å². The average Bonchev–Trinajstić information content (AvgIpc) is 2.13. The van der Waals surface area contributed by atoms with E-state index in [-0.39, 0.29) is 5.25 Å². The van der Waals surface area contributed by atoms with Gasteiger partial charge in [0.2, 0.25) is 0 Å². The van der Waals surface area contributed by atoms with Gasteiger partial charge in [0.05, 0.1) is 6.42 Å². The topological polar surface area (TPSA) is 17.1 Å². The molecule has 4 heteroatoms. The lowest BCUT2D eigenvalue weighted by molar-refractivity contribution is 0.604. The summed E-state index contributed by atoms with van der Waals surface area (Å²) in [5.41, 5.74) is 0. The molecule has 1 nitrogen and oxygen atoms in total. The molecule has 7 heavy (non-hydrogen) atoms. The highest BCUT2D eigenvalue weighted by Crippen LogP contribution is 2.48. The fraction of sp³-hybridized carbons (Fsp3) is 1.00.